The zero-order valence-electron chi connectivity index (χ0n) is 23.1. The van der Waals surface area contributed by atoms with E-state index >= 15 is 0 Å². The van der Waals surface area contributed by atoms with E-state index < -0.39 is 13.5 Å². The molecular formula is C29H45Cl2N2ORu+. The molecule has 3 nitrogen and oxygen atoms in total. The van der Waals surface area contributed by atoms with E-state index in [1.165, 1.54) is 16.8 Å². The van der Waals surface area contributed by atoms with Crippen molar-refractivity contribution in [2.45, 2.75) is 78.9 Å². The third-order valence-corrected chi connectivity index (χ3v) is 7.81. The third-order valence-electron chi connectivity index (χ3n) is 5.98. The van der Waals surface area contributed by atoms with Crippen molar-refractivity contribution in [3.8, 4) is 5.75 Å². The maximum absolute atomic E-state index is 5.83. The molecule has 0 radical (unpaired) electrons. The number of hydrogen-bond donors (Lipinski definition) is 0. The quantitative estimate of drug-likeness (QED) is 0.140. The van der Waals surface area contributed by atoms with Crippen LogP contribution in [0.25, 0.3) is 0 Å². The van der Waals surface area contributed by atoms with Crippen LogP contribution in [0.15, 0.2) is 42.5 Å². The van der Waals surface area contributed by atoms with E-state index in [9.17, 15) is 0 Å². The summed E-state index contributed by atoms with van der Waals surface area (Å²) in [5.41, 5.74) is 5.57. The van der Waals surface area contributed by atoms with Crippen LogP contribution >= 0.6 is 19.4 Å². The number of para-hydroxylation sites is 2. The van der Waals surface area contributed by atoms with Gasteiger partial charge in [-0.15, -0.1) is 0 Å². The number of hydrogen-bond acceptors (Lipinski definition) is 1. The minimum Gasteiger partial charge on any atom is -0.460 e. The smallest absolute Gasteiger partial charge is 0.0763 e. The topological polar surface area (TPSA) is 16.0 Å². The molecule has 0 unspecified atom stereocenters. The summed E-state index contributed by atoms with van der Waals surface area (Å²) in [5.74, 6) is 2.06. The number of nitrogens with zero attached hydrogens (tertiary/aromatic N) is 2. The van der Waals surface area contributed by atoms with Crippen molar-refractivity contribution in [3.63, 3.8) is 0 Å². The minimum atomic E-state index is -1.75. The molecule has 1 heterocycles. The van der Waals surface area contributed by atoms with E-state index in [0.717, 1.165) is 22.3 Å². The monoisotopic (exact) mass is 609 g/mol. The fourth-order valence-corrected chi connectivity index (χ4v) is 6.60. The van der Waals surface area contributed by atoms with E-state index in [1.54, 1.807) is 0 Å². The molecule has 0 atom stereocenters. The van der Waals surface area contributed by atoms with Crippen molar-refractivity contribution in [1.29, 1.82) is 0 Å². The van der Waals surface area contributed by atoms with Crippen LogP contribution in [0.5, 0.6) is 5.75 Å². The normalized spacial score (nSPS) is 16.9. The van der Waals surface area contributed by atoms with Crippen LogP contribution in [0.2, 0.25) is 0 Å². The van der Waals surface area contributed by atoms with Gasteiger partial charge < -0.3 is 9.38 Å². The van der Waals surface area contributed by atoms with E-state index in [4.69, 9.17) is 19.4 Å². The molecule has 1 aliphatic rings. The van der Waals surface area contributed by atoms with Gasteiger partial charge >= 0.3 is 97.8 Å². The fourth-order valence-electron chi connectivity index (χ4n) is 4.79. The van der Waals surface area contributed by atoms with Crippen LogP contribution in [0, 0.1) is 6.67 Å². The first-order chi connectivity index (χ1) is 16.1. The molecule has 1 N–H and O–H groups in total. The largest absolute Gasteiger partial charge is 0.460 e. The van der Waals surface area contributed by atoms with Crippen molar-refractivity contribution < 1.29 is 22.7 Å². The number of likely N-dealkylation sites (N-methyl/N-ethyl adjacent to an activating group) is 1. The Bertz CT molecular complexity index is 985. The first-order valence-corrected chi connectivity index (χ1v) is 17.9. The van der Waals surface area contributed by atoms with Crippen LogP contribution in [0.4, 0.5) is 5.69 Å². The summed E-state index contributed by atoms with van der Waals surface area (Å²) in [6.07, 6.45) is 0.288. The Balaban J connectivity index is 0.000000269. The average Bonchev–Trinajstić information content (AvgIpc) is 2.95. The Kier molecular flexibility index (Phi) is 10.9. The van der Waals surface area contributed by atoms with Gasteiger partial charge in [0.1, 0.15) is 0 Å². The van der Waals surface area contributed by atoms with Crippen molar-refractivity contribution in [2.75, 3.05) is 25.5 Å². The molecule has 0 spiro atoms. The van der Waals surface area contributed by atoms with Gasteiger partial charge in [0.2, 0.25) is 0 Å². The Morgan fingerprint density at radius 2 is 1.49 bits per heavy atom. The molecule has 35 heavy (non-hydrogen) atoms. The summed E-state index contributed by atoms with van der Waals surface area (Å²) in [7, 11) is 16.2. The summed E-state index contributed by atoms with van der Waals surface area (Å²) >= 11 is -1.75. The molecule has 0 aliphatic carbocycles. The molecule has 1 saturated heterocycles. The van der Waals surface area contributed by atoms with Crippen LogP contribution in [0.1, 0.15) is 83.9 Å². The Morgan fingerprint density at radius 3 is 1.91 bits per heavy atom. The van der Waals surface area contributed by atoms with Gasteiger partial charge in [0.25, 0.3) is 0 Å². The van der Waals surface area contributed by atoms with Gasteiger partial charge in [-0.1, -0.05) is 45.9 Å². The molecule has 6 heteroatoms. The van der Waals surface area contributed by atoms with Gasteiger partial charge in [-0.2, -0.15) is 0 Å². The minimum absolute atomic E-state index is 0.151. The second-order valence-corrected chi connectivity index (χ2v) is 17.1. The van der Waals surface area contributed by atoms with Gasteiger partial charge in [-0.25, -0.2) is 0 Å². The van der Waals surface area contributed by atoms with Gasteiger partial charge in [-0.05, 0) is 43.5 Å². The number of quaternary nitrogens is 1. The standard InChI is InChI=1S/C19H32N2.C10H12O.2ClH.Ru/c1-14(2)16-10-9-11-17(15(3)4)18(16)20-13-21(7,8)12-19(20,5)6;1-8(2)11-10-7-5-4-6-9(10)3;;;/h9-11,13-15H,12H2,1-8H3;3-8H,1-2H3;2*1H;/q;;;;+2/p-1. The Hall–Kier alpha value is -0.927. The van der Waals surface area contributed by atoms with Crippen LogP contribution < -0.4 is 4.90 Å². The summed E-state index contributed by atoms with van der Waals surface area (Å²) in [5, 5.41) is 0. The number of ether oxygens (including phenoxy) is 1. The first kappa shape index (κ1) is 30.3. The van der Waals surface area contributed by atoms with E-state index in [-0.39, 0.29) is 11.6 Å². The van der Waals surface area contributed by atoms with E-state index in [2.05, 4.69) is 90.1 Å². The first-order valence-electron chi connectivity index (χ1n) is 12.4. The second-order valence-electron chi connectivity index (χ2n) is 11.4. The summed E-state index contributed by atoms with van der Waals surface area (Å²) in [6, 6.07) is 14.7. The van der Waals surface area contributed by atoms with Crippen molar-refractivity contribution in [1.82, 2.24) is 0 Å². The third kappa shape index (κ3) is 8.56. The number of anilines is 1. The van der Waals surface area contributed by atoms with Crippen LogP contribution in [0.3, 0.4) is 0 Å². The number of aromatic hydroxyl groups is 1. The molecule has 0 bridgehead atoms. The SMILES string of the molecule is CC(C)[OH+]c1ccccc1[CH]=[Ru]([Cl])[Cl].CC(C)c1cccc(C(C)C)c1N1[CH-][N+](C)(C)CC1(C)C. The fraction of sp³-hybridized carbons (Fsp3) is 0.517. The molecule has 0 amide bonds. The molecule has 0 aromatic heterocycles. The number of aliphatic hydroxyl groups is 1. The molecule has 1 fully saturated rings. The molecule has 0 saturated carbocycles. The van der Waals surface area contributed by atoms with E-state index in [1.807, 2.05) is 42.7 Å². The molecule has 2 aromatic rings. The average molecular weight is 610 g/mol. The van der Waals surface area contributed by atoms with Crippen molar-refractivity contribution in [2.24, 2.45) is 0 Å². The molecule has 1 aliphatic heterocycles. The van der Waals surface area contributed by atoms with Crippen LogP contribution in [-0.4, -0.2) is 46.1 Å². The van der Waals surface area contributed by atoms with Crippen molar-refractivity contribution >= 4 is 29.7 Å². The number of benzene rings is 2. The molecule has 2 aromatic carbocycles. The molecular weight excluding hydrogens is 564 g/mol. The summed E-state index contributed by atoms with van der Waals surface area (Å²) < 4.78 is 7.35. The number of rotatable bonds is 6. The summed E-state index contributed by atoms with van der Waals surface area (Å²) in [6.45, 7) is 21.5. The van der Waals surface area contributed by atoms with Crippen LogP contribution in [-0.2, 0) is 13.5 Å². The van der Waals surface area contributed by atoms with E-state index in [0.29, 0.717) is 11.8 Å². The van der Waals surface area contributed by atoms with Gasteiger partial charge in [0.15, 0.2) is 0 Å². The zero-order chi connectivity index (χ0) is 26.6. The van der Waals surface area contributed by atoms with Gasteiger partial charge in [0.05, 0.1) is 12.1 Å². The van der Waals surface area contributed by atoms with Gasteiger partial charge in [0, 0.05) is 19.8 Å². The Morgan fingerprint density at radius 1 is 0.943 bits per heavy atom. The Labute approximate surface area is 227 Å². The maximum Gasteiger partial charge on any atom is 0.0763 e. The predicted molar refractivity (Wildman–Crippen MR) is 153 cm³/mol. The number of halogens is 2. The predicted octanol–water partition coefficient (Wildman–Crippen LogP) is 8.14. The molecule has 3 rings (SSSR count). The maximum atomic E-state index is 5.83. The zero-order valence-corrected chi connectivity index (χ0v) is 26.3. The molecule has 198 valence electrons. The van der Waals surface area contributed by atoms with Gasteiger partial charge in [-0.3, -0.25) is 0 Å². The summed E-state index contributed by atoms with van der Waals surface area (Å²) in [4.78, 5) is 2.54. The second kappa shape index (κ2) is 12.5. The van der Waals surface area contributed by atoms with Crippen molar-refractivity contribution in [3.05, 3.63) is 65.8 Å².